The molecule has 0 aliphatic rings. The molecule has 0 N–H and O–H groups in total. The Morgan fingerprint density at radius 1 is 0.714 bits per heavy atom. The third kappa shape index (κ3) is 12.7. The van der Waals surface area contributed by atoms with Gasteiger partial charge in [0, 0.05) is 21.1 Å². The zero-order valence-electron chi connectivity index (χ0n) is 14.7. The molecule has 0 saturated carbocycles. The summed E-state index contributed by atoms with van der Waals surface area (Å²) in [6.07, 6.45) is 1.78. The Bertz CT molecular complexity index is 378. The third-order valence-electron chi connectivity index (χ3n) is 3.18. The monoisotopic (exact) mass is 470 g/mol. The summed E-state index contributed by atoms with van der Waals surface area (Å²) in [4.78, 5) is 8.95. The summed E-state index contributed by atoms with van der Waals surface area (Å²) in [6, 6.07) is 0. The van der Waals surface area contributed by atoms with Gasteiger partial charge in [0.1, 0.15) is 6.67 Å². The fourth-order valence-electron chi connectivity index (χ4n) is 1.46. The molecule has 0 unspecified atom stereocenters. The Morgan fingerprint density at radius 2 is 1.00 bits per heavy atom. The van der Waals surface area contributed by atoms with E-state index < -0.39 is 0 Å². The van der Waals surface area contributed by atoms with E-state index in [4.69, 9.17) is 0 Å². The van der Waals surface area contributed by atoms with Crippen molar-refractivity contribution in [3.63, 3.8) is 0 Å². The number of hydrogen-bond acceptors (Lipinski definition) is 2. The quantitative estimate of drug-likeness (QED) is 0.365. The molecule has 0 aliphatic heterocycles. The van der Waals surface area contributed by atoms with Crippen LogP contribution in [0.3, 0.4) is 0 Å². The van der Waals surface area contributed by atoms with Gasteiger partial charge >= 0.3 is 0 Å². The van der Waals surface area contributed by atoms with Gasteiger partial charge in [-0.25, -0.2) is 36.1 Å². The maximum atomic E-state index is 4.47. The van der Waals surface area contributed by atoms with Crippen LogP contribution in [-0.4, -0.2) is 18.1 Å². The first kappa shape index (κ1) is 25.2. The van der Waals surface area contributed by atoms with Crippen molar-refractivity contribution in [2.75, 3.05) is 6.67 Å². The van der Waals surface area contributed by atoms with Crippen molar-refractivity contribution in [2.45, 2.75) is 54.4 Å². The fourth-order valence-corrected chi connectivity index (χ4v) is 1.46. The van der Waals surface area contributed by atoms with Crippen LogP contribution >= 0.6 is 0 Å². The Hall–Kier alpha value is -0.752. The molecule has 21 heavy (non-hydrogen) atoms. The average molecular weight is 471 g/mol. The number of allylic oxidation sites excluding steroid dienone is 4. The van der Waals surface area contributed by atoms with Crippen LogP contribution in [0, 0.1) is 21.3 Å². The van der Waals surface area contributed by atoms with Crippen LogP contribution in [-0.2, 0) is 21.1 Å². The van der Waals surface area contributed by atoms with Crippen molar-refractivity contribution in [2.24, 2.45) is 9.98 Å². The molecule has 0 fully saturated rings. The molecule has 0 rings (SSSR count). The minimum absolute atomic E-state index is 0. The number of hydrogen-bond donors (Lipinski definition) is 0. The molecule has 0 amide bonds. The van der Waals surface area contributed by atoms with Gasteiger partial charge in [-0.15, -0.1) is 13.8 Å². The van der Waals surface area contributed by atoms with Crippen molar-refractivity contribution < 1.29 is 21.1 Å². The molecule has 2 nitrogen and oxygen atoms in total. The summed E-state index contributed by atoms with van der Waals surface area (Å²) in [5.74, 6) is 0. The molecule has 0 atom stereocenters. The standard InChI is InChI=1S/C17H28N2.CH3.Pt/c1-12(2)14(5)9-16(7)18-11-19-17(8)10-15(6)13(3)4;;/h1,3,9-11H2,2,4-8H3;1H3;/q-2;-1;/b14-12+,15-13+,18-16?,19-17?;;. The van der Waals surface area contributed by atoms with Crippen molar-refractivity contribution in [3.8, 4) is 0 Å². The van der Waals surface area contributed by atoms with Crippen molar-refractivity contribution in [3.05, 3.63) is 43.6 Å². The molecule has 126 valence electrons. The maximum absolute atomic E-state index is 4.47. The predicted molar refractivity (Wildman–Crippen MR) is 94.2 cm³/mol. The van der Waals surface area contributed by atoms with Crippen LogP contribution < -0.4 is 0 Å². The van der Waals surface area contributed by atoms with Gasteiger partial charge < -0.3 is 7.43 Å². The van der Waals surface area contributed by atoms with E-state index in [-0.39, 0.29) is 28.5 Å². The van der Waals surface area contributed by atoms with Crippen LogP contribution in [0.4, 0.5) is 0 Å². The first-order valence-electron chi connectivity index (χ1n) is 6.70. The zero-order chi connectivity index (χ0) is 15.0. The maximum Gasteiger partial charge on any atom is 0.129 e. The number of aliphatic imine (C=N–C) groups is 2. The van der Waals surface area contributed by atoms with E-state index in [1.807, 2.05) is 27.7 Å². The largest absolute Gasteiger partial charge is 0.358 e. The van der Waals surface area contributed by atoms with Gasteiger partial charge in [0.25, 0.3) is 0 Å². The number of nitrogens with zero attached hydrogens (tertiary/aromatic N) is 2. The Kier molecular flexibility index (Phi) is 15.5. The smallest absolute Gasteiger partial charge is 0.129 e. The van der Waals surface area contributed by atoms with Crippen molar-refractivity contribution in [1.29, 1.82) is 0 Å². The minimum Gasteiger partial charge on any atom is -0.358 e. The fraction of sp³-hybridized carbons (Fsp3) is 0.500. The van der Waals surface area contributed by atoms with E-state index in [1.54, 1.807) is 0 Å². The molecule has 0 bridgehead atoms. The second-order valence-electron chi connectivity index (χ2n) is 5.40. The van der Waals surface area contributed by atoms with Crippen LogP contribution in [0.5, 0.6) is 0 Å². The van der Waals surface area contributed by atoms with Gasteiger partial charge in [-0.3, -0.25) is 9.98 Å². The molecule has 3 heteroatoms. The number of rotatable bonds is 6. The third-order valence-corrected chi connectivity index (χ3v) is 3.18. The second kappa shape index (κ2) is 12.9. The molecule has 0 aromatic heterocycles. The molecule has 0 aromatic carbocycles. The molecular formula is C18H31N2Pt-3. The zero-order valence-corrected chi connectivity index (χ0v) is 17.0. The van der Waals surface area contributed by atoms with E-state index in [9.17, 15) is 0 Å². The molecule has 0 aromatic rings. The van der Waals surface area contributed by atoms with E-state index in [0.29, 0.717) is 6.67 Å². The SMILES string of the molecule is [CH2-]/C(C)=C(/C)CC(C)=NCN=C(C)C/C(C)=C(\[CH2-])C.[CH3-].[Pt]. The molecule has 0 radical (unpaired) electrons. The Balaban J connectivity index is -0.00000162. The van der Waals surface area contributed by atoms with E-state index in [1.165, 1.54) is 11.1 Å². The minimum atomic E-state index is 0. The molecule has 0 saturated heterocycles. The normalized spacial score (nSPS) is 14.6. The Morgan fingerprint density at radius 3 is 1.24 bits per heavy atom. The van der Waals surface area contributed by atoms with E-state index in [2.05, 4.69) is 37.7 Å². The first-order valence-corrected chi connectivity index (χ1v) is 6.70. The predicted octanol–water partition coefficient (Wildman–Crippen LogP) is 5.43. The summed E-state index contributed by atoms with van der Waals surface area (Å²) >= 11 is 0. The Labute approximate surface area is 147 Å². The average Bonchev–Trinajstić information content (AvgIpc) is 2.28. The van der Waals surface area contributed by atoms with Gasteiger partial charge in [-0.2, -0.15) is 0 Å². The van der Waals surface area contributed by atoms with Crippen molar-refractivity contribution in [1.82, 2.24) is 0 Å². The van der Waals surface area contributed by atoms with Crippen LogP contribution in [0.15, 0.2) is 32.3 Å². The van der Waals surface area contributed by atoms with Crippen LogP contribution in [0.2, 0.25) is 0 Å². The summed E-state index contributed by atoms with van der Waals surface area (Å²) < 4.78 is 0. The second-order valence-corrected chi connectivity index (χ2v) is 5.40. The van der Waals surface area contributed by atoms with Gasteiger partial charge in [-0.05, 0) is 25.3 Å². The summed E-state index contributed by atoms with van der Waals surface area (Å²) in [5, 5.41) is 0. The van der Waals surface area contributed by atoms with E-state index in [0.717, 1.165) is 35.4 Å². The van der Waals surface area contributed by atoms with Crippen molar-refractivity contribution >= 4 is 11.4 Å². The molecule has 0 heterocycles. The first-order chi connectivity index (χ1) is 8.73. The molecule has 0 aliphatic carbocycles. The summed E-state index contributed by atoms with van der Waals surface area (Å²) in [7, 11) is 0. The summed E-state index contributed by atoms with van der Waals surface area (Å²) in [5.41, 5.74) is 7.04. The molecular weight excluding hydrogens is 439 g/mol. The van der Waals surface area contributed by atoms with Crippen LogP contribution in [0.1, 0.15) is 54.4 Å². The van der Waals surface area contributed by atoms with Gasteiger partial charge in [0.2, 0.25) is 0 Å². The van der Waals surface area contributed by atoms with E-state index >= 15 is 0 Å². The van der Waals surface area contributed by atoms with Gasteiger partial charge in [-0.1, -0.05) is 26.7 Å². The van der Waals surface area contributed by atoms with Gasteiger partial charge in [0.15, 0.2) is 0 Å². The van der Waals surface area contributed by atoms with Crippen LogP contribution in [0.25, 0.3) is 0 Å². The van der Waals surface area contributed by atoms with Gasteiger partial charge in [0.05, 0.1) is 0 Å². The summed E-state index contributed by atoms with van der Waals surface area (Å²) in [6.45, 7) is 20.7. The molecule has 0 spiro atoms. The topological polar surface area (TPSA) is 24.7 Å².